The number of rotatable bonds is 3. The summed E-state index contributed by atoms with van der Waals surface area (Å²) in [4.78, 5) is 3.61. The molecule has 0 aliphatic carbocycles. The van der Waals surface area contributed by atoms with Crippen LogP contribution in [0.2, 0.25) is 0 Å². The minimum atomic E-state index is 0.661. The van der Waals surface area contributed by atoms with Crippen molar-refractivity contribution in [1.82, 2.24) is 0 Å². The Bertz CT molecular complexity index is 1120. The number of hydrogen-bond acceptors (Lipinski definition) is 0. The first-order valence-corrected chi connectivity index (χ1v) is 8.99. The van der Waals surface area contributed by atoms with Crippen LogP contribution in [-0.2, 0) is 0 Å². The average Bonchev–Trinajstić information content (AvgIpc) is 2.75. The van der Waals surface area contributed by atoms with E-state index in [2.05, 4.69) is 78.5 Å². The molecule has 0 atom stereocenters. The topological polar surface area (TPSA) is 4.36 Å². The molecule has 0 amide bonds. The lowest BCUT2D eigenvalue weighted by molar-refractivity contribution is 1.45. The highest BCUT2D eigenvalue weighted by Crippen LogP contribution is 2.38. The van der Waals surface area contributed by atoms with Crippen molar-refractivity contribution >= 4 is 5.69 Å². The van der Waals surface area contributed by atoms with Crippen LogP contribution in [0.1, 0.15) is 5.56 Å². The Balaban J connectivity index is 1.99. The Hall–Kier alpha value is -3.63. The zero-order valence-corrected chi connectivity index (χ0v) is 15.2. The van der Waals surface area contributed by atoms with Gasteiger partial charge in [0.2, 0.25) is 0 Å². The minimum absolute atomic E-state index is 0.661. The van der Waals surface area contributed by atoms with Gasteiger partial charge in [0, 0.05) is 0 Å². The molecule has 0 saturated heterocycles. The van der Waals surface area contributed by atoms with Gasteiger partial charge in [0.15, 0.2) is 5.69 Å². The van der Waals surface area contributed by atoms with Gasteiger partial charge in [-0.3, -0.25) is 0 Å². The van der Waals surface area contributed by atoms with Gasteiger partial charge in [-0.25, -0.2) is 4.85 Å². The average molecular weight is 345 g/mol. The van der Waals surface area contributed by atoms with Gasteiger partial charge >= 0.3 is 0 Å². The molecule has 0 heterocycles. The fourth-order valence-electron chi connectivity index (χ4n) is 3.48. The van der Waals surface area contributed by atoms with Crippen molar-refractivity contribution in [2.24, 2.45) is 0 Å². The van der Waals surface area contributed by atoms with Crippen LogP contribution in [0.25, 0.3) is 38.2 Å². The van der Waals surface area contributed by atoms with Crippen molar-refractivity contribution < 1.29 is 0 Å². The molecule has 1 heteroatoms. The monoisotopic (exact) mass is 345 g/mol. The van der Waals surface area contributed by atoms with E-state index in [1.807, 2.05) is 30.3 Å². The minimum Gasteiger partial charge on any atom is -0.238 e. The Morgan fingerprint density at radius 3 is 1.74 bits per heavy atom. The van der Waals surface area contributed by atoms with Gasteiger partial charge < -0.3 is 0 Å². The third-order valence-electron chi connectivity index (χ3n) is 4.82. The second-order valence-electron chi connectivity index (χ2n) is 6.61. The first kappa shape index (κ1) is 16.8. The molecule has 0 aliphatic heterocycles. The van der Waals surface area contributed by atoms with E-state index in [-0.39, 0.29) is 0 Å². The van der Waals surface area contributed by atoms with Crippen molar-refractivity contribution in [2.45, 2.75) is 6.92 Å². The normalized spacial score (nSPS) is 10.4. The molecule has 0 N–H and O–H groups in total. The van der Waals surface area contributed by atoms with Crippen molar-refractivity contribution in [3.63, 3.8) is 0 Å². The third-order valence-corrected chi connectivity index (χ3v) is 4.82. The highest BCUT2D eigenvalue weighted by Gasteiger charge is 2.13. The van der Waals surface area contributed by atoms with Gasteiger partial charge in [-0.15, -0.1) is 0 Å². The fraction of sp³-hybridized carbons (Fsp3) is 0.0385. The Kier molecular flexibility index (Phi) is 4.56. The van der Waals surface area contributed by atoms with E-state index in [1.54, 1.807) is 0 Å². The Morgan fingerprint density at radius 1 is 0.556 bits per heavy atom. The van der Waals surface area contributed by atoms with Crippen molar-refractivity contribution in [1.29, 1.82) is 0 Å². The highest BCUT2D eigenvalue weighted by molar-refractivity contribution is 5.89. The van der Waals surface area contributed by atoms with Crippen LogP contribution in [0.3, 0.4) is 0 Å². The lowest BCUT2D eigenvalue weighted by Crippen LogP contribution is -1.91. The summed E-state index contributed by atoms with van der Waals surface area (Å²) in [7, 11) is 0. The van der Waals surface area contributed by atoms with E-state index in [9.17, 15) is 0 Å². The summed E-state index contributed by atoms with van der Waals surface area (Å²) in [6.07, 6.45) is 0. The number of nitrogens with zero attached hydrogens (tertiary/aromatic N) is 1. The molecule has 4 rings (SSSR count). The molecular weight excluding hydrogens is 326 g/mol. The molecule has 0 aromatic heterocycles. The maximum absolute atomic E-state index is 7.36. The summed E-state index contributed by atoms with van der Waals surface area (Å²) in [6, 6.07) is 33.3. The molecule has 0 bridgehead atoms. The molecule has 0 saturated carbocycles. The van der Waals surface area contributed by atoms with E-state index in [4.69, 9.17) is 6.57 Å². The highest BCUT2D eigenvalue weighted by atomic mass is 14.6. The molecule has 0 aliphatic rings. The van der Waals surface area contributed by atoms with Crippen LogP contribution >= 0.6 is 0 Å². The third kappa shape index (κ3) is 3.38. The first-order chi connectivity index (χ1) is 13.3. The largest absolute Gasteiger partial charge is 0.238 e. The van der Waals surface area contributed by atoms with Gasteiger partial charge in [-0.1, -0.05) is 84.9 Å². The smallest absolute Gasteiger partial charge is 0.187 e. The SMILES string of the molecule is [C-]#[N+]c1cccc(-c2cc(-c3ccccc3)c(C)cc2-c2ccccc2)c1. The molecule has 27 heavy (non-hydrogen) atoms. The zero-order chi connectivity index (χ0) is 18.6. The van der Waals surface area contributed by atoms with E-state index >= 15 is 0 Å². The second-order valence-corrected chi connectivity index (χ2v) is 6.61. The summed E-state index contributed by atoms with van der Waals surface area (Å²) in [5.41, 5.74) is 8.92. The van der Waals surface area contributed by atoms with Crippen LogP contribution in [0.5, 0.6) is 0 Å². The molecule has 0 unspecified atom stereocenters. The lowest BCUT2D eigenvalue weighted by Gasteiger charge is -2.16. The predicted molar refractivity (Wildman–Crippen MR) is 114 cm³/mol. The standard InChI is InChI=1S/C26H19N/c1-19-16-25(21-12-7-4-8-13-21)26(22-14-9-15-23(17-22)27-2)18-24(19)20-10-5-3-6-11-20/h3-18H,1H3. The van der Waals surface area contributed by atoms with Gasteiger partial charge in [0.1, 0.15) is 0 Å². The molecular formula is C26H19N. The van der Waals surface area contributed by atoms with Crippen molar-refractivity contribution in [3.05, 3.63) is 114 Å². The summed E-state index contributed by atoms with van der Waals surface area (Å²) < 4.78 is 0. The number of benzene rings is 4. The summed E-state index contributed by atoms with van der Waals surface area (Å²) in [5.74, 6) is 0. The van der Waals surface area contributed by atoms with Crippen molar-refractivity contribution in [2.75, 3.05) is 0 Å². The van der Waals surface area contributed by atoms with Gasteiger partial charge in [0.25, 0.3) is 0 Å². The fourth-order valence-corrected chi connectivity index (χ4v) is 3.48. The first-order valence-electron chi connectivity index (χ1n) is 8.99. The van der Waals surface area contributed by atoms with Crippen LogP contribution in [0.15, 0.2) is 97.1 Å². The van der Waals surface area contributed by atoms with Gasteiger partial charge in [-0.2, -0.15) is 0 Å². The Morgan fingerprint density at radius 2 is 1.11 bits per heavy atom. The summed E-state index contributed by atoms with van der Waals surface area (Å²) >= 11 is 0. The number of hydrogen-bond donors (Lipinski definition) is 0. The maximum atomic E-state index is 7.36. The zero-order valence-electron chi connectivity index (χ0n) is 15.2. The van der Waals surface area contributed by atoms with E-state index in [0.29, 0.717) is 5.69 Å². The van der Waals surface area contributed by atoms with Crippen LogP contribution < -0.4 is 0 Å². The molecule has 1 nitrogen and oxygen atoms in total. The number of aryl methyl sites for hydroxylation is 1. The van der Waals surface area contributed by atoms with E-state index < -0.39 is 0 Å². The van der Waals surface area contributed by atoms with Crippen LogP contribution in [-0.4, -0.2) is 0 Å². The summed E-state index contributed by atoms with van der Waals surface area (Å²) in [5, 5.41) is 0. The van der Waals surface area contributed by atoms with Gasteiger partial charge in [0.05, 0.1) is 6.57 Å². The van der Waals surface area contributed by atoms with Crippen LogP contribution in [0, 0.1) is 13.5 Å². The molecule has 0 radical (unpaired) electrons. The van der Waals surface area contributed by atoms with Crippen molar-refractivity contribution in [3.8, 4) is 33.4 Å². The van der Waals surface area contributed by atoms with Crippen LogP contribution in [0.4, 0.5) is 5.69 Å². The Labute approximate surface area is 160 Å². The second kappa shape index (κ2) is 7.32. The molecule has 0 fully saturated rings. The van der Waals surface area contributed by atoms with Gasteiger partial charge in [-0.05, 0) is 58.0 Å². The molecule has 4 aromatic carbocycles. The molecule has 128 valence electrons. The maximum Gasteiger partial charge on any atom is 0.187 e. The lowest BCUT2D eigenvalue weighted by atomic mass is 9.88. The van der Waals surface area contributed by atoms with E-state index in [1.165, 1.54) is 27.8 Å². The predicted octanol–water partition coefficient (Wildman–Crippen LogP) is 7.55. The van der Waals surface area contributed by atoms with E-state index in [0.717, 1.165) is 11.1 Å². The molecule has 0 spiro atoms. The quantitative estimate of drug-likeness (QED) is 0.338. The summed E-state index contributed by atoms with van der Waals surface area (Å²) in [6.45, 7) is 9.52. The molecule has 4 aromatic rings.